The normalized spacial score (nSPS) is 18.9. The monoisotopic (exact) mass is 316 g/mol. The summed E-state index contributed by atoms with van der Waals surface area (Å²) in [6, 6.07) is 22.7. The van der Waals surface area contributed by atoms with Crippen molar-refractivity contribution >= 4 is 0 Å². The lowest BCUT2D eigenvalue weighted by molar-refractivity contribution is 0.222. The third kappa shape index (κ3) is 2.26. The number of benzene rings is 3. The van der Waals surface area contributed by atoms with Gasteiger partial charge in [-0.05, 0) is 42.2 Å². The Morgan fingerprint density at radius 1 is 0.833 bits per heavy atom. The Balaban J connectivity index is 1.93. The fourth-order valence-corrected chi connectivity index (χ4v) is 3.70. The maximum atomic E-state index is 10.4. The molecule has 3 aromatic rings. The van der Waals surface area contributed by atoms with E-state index in [1.54, 1.807) is 0 Å². The van der Waals surface area contributed by atoms with Gasteiger partial charge in [0.05, 0.1) is 5.92 Å². The minimum atomic E-state index is -0.0801. The number of hydrogen-bond acceptors (Lipinski definition) is 2. The van der Waals surface area contributed by atoms with Crippen LogP contribution in [-0.2, 0) is 0 Å². The highest BCUT2D eigenvalue weighted by Crippen LogP contribution is 2.52. The van der Waals surface area contributed by atoms with Gasteiger partial charge in [0.15, 0.2) is 0 Å². The van der Waals surface area contributed by atoms with Crippen molar-refractivity contribution in [2.45, 2.75) is 25.9 Å². The van der Waals surface area contributed by atoms with Gasteiger partial charge in [0.25, 0.3) is 0 Å². The molecule has 2 heteroatoms. The number of phenolic OH excluding ortho intramolecular Hbond substituents is 1. The molecule has 2 atom stereocenters. The summed E-state index contributed by atoms with van der Waals surface area (Å²) >= 11 is 0. The predicted octanol–water partition coefficient (Wildman–Crippen LogP) is 5.27. The van der Waals surface area contributed by atoms with Crippen LogP contribution in [0, 0.1) is 13.8 Å². The fourth-order valence-electron chi connectivity index (χ4n) is 3.70. The molecule has 0 amide bonds. The molecule has 3 aromatic carbocycles. The second kappa shape index (κ2) is 5.72. The third-order valence-electron chi connectivity index (χ3n) is 4.90. The van der Waals surface area contributed by atoms with Gasteiger partial charge >= 0.3 is 0 Å². The molecule has 2 nitrogen and oxygen atoms in total. The van der Waals surface area contributed by atoms with Crippen LogP contribution in [0.1, 0.15) is 39.8 Å². The molecular weight excluding hydrogens is 296 g/mol. The predicted molar refractivity (Wildman–Crippen MR) is 95.7 cm³/mol. The minimum Gasteiger partial charge on any atom is -0.507 e. The Labute approximate surface area is 142 Å². The van der Waals surface area contributed by atoms with E-state index in [-0.39, 0.29) is 12.0 Å². The van der Waals surface area contributed by atoms with Gasteiger partial charge in [-0.3, -0.25) is 0 Å². The van der Waals surface area contributed by atoms with E-state index in [0.717, 1.165) is 28.0 Å². The zero-order valence-corrected chi connectivity index (χ0v) is 13.9. The van der Waals surface area contributed by atoms with Crippen LogP contribution in [0.4, 0.5) is 0 Å². The lowest BCUT2D eigenvalue weighted by Crippen LogP contribution is -2.11. The topological polar surface area (TPSA) is 29.5 Å². The van der Waals surface area contributed by atoms with Crippen molar-refractivity contribution in [3.8, 4) is 11.5 Å². The minimum absolute atomic E-state index is 0.0788. The molecule has 0 aliphatic carbocycles. The second-order valence-electron chi connectivity index (χ2n) is 6.42. The summed E-state index contributed by atoms with van der Waals surface area (Å²) in [6.45, 7) is 3.90. The number of aryl methyl sites for hydroxylation is 1. The lowest BCUT2D eigenvalue weighted by Gasteiger charge is -2.21. The molecule has 120 valence electrons. The molecule has 1 aliphatic rings. The molecule has 0 radical (unpaired) electrons. The molecule has 0 saturated heterocycles. The lowest BCUT2D eigenvalue weighted by atomic mass is 9.83. The highest BCUT2D eigenvalue weighted by atomic mass is 16.5. The largest absolute Gasteiger partial charge is 0.507 e. The van der Waals surface area contributed by atoms with Crippen LogP contribution in [0.5, 0.6) is 11.5 Å². The summed E-state index contributed by atoms with van der Waals surface area (Å²) in [6.07, 6.45) is -0.0801. The summed E-state index contributed by atoms with van der Waals surface area (Å²) in [4.78, 5) is 0. The number of aromatic hydroxyl groups is 1. The van der Waals surface area contributed by atoms with Gasteiger partial charge in [-0.1, -0.05) is 60.7 Å². The Hall–Kier alpha value is -2.74. The van der Waals surface area contributed by atoms with Gasteiger partial charge in [-0.15, -0.1) is 0 Å². The molecule has 0 aromatic heterocycles. The van der Waals surface area contributed by atoms with Gasteiger partial charge in [-0.2, -0.15) is 0 Å². The van der Waals surface area contributed by atoms with Gasteiger partial charge in [0.1, 0.15) is 17.6 Å². The van der Waals surface area contributed by atoms with Crippen LogP contribution in [0.25, 0.3) is 0 Å². The number of phenols is 1. The first-order valence-electron chi connectivity index (χ1n) is 8.26. The first-order valence-corrected chi connectivity index (χ1v) is 8.26. The van der Waals surface area contributed by atoms with Crippen molar-refractivity contribution in [2.75, 3.05) is 0 Å². The highest BCUT2D eigenvalue weighted by Gasteiger charge is 2.38. The summed E-state index contributed by atoms with van der Waals surface area (Å²) in [5.41, 5.74) is 5.22. The molecule has 0 unspecified atom stereocenters. The van der Waals surface area contributed by atoms with E-state index in [1.807, 2.05) is 44.2 Å². The summed E-state index contributed by atoms with van der Waals surface area (Å²) in [5, 5.41) is 10.4. The standard InChI is InChI=1S/C22H20O2/c1-14-13-18-19(15(2)21(14)23)20(16-9-5-3-6-10-16)22(24-18)17-11-7-4-8-12-17/h3-13,20,22-23H,1-2H3/t20-,22+/m1/s1. The van der Waals surface area contributed by atoms with E-state index in [1.165, 1.54) is 5.56 Å². The molecule has 0 fully saturated rings. The maximum Gasteiger partial charge on any atom is 0.135 e. The van der Waals surface area contributed by atoms with E-state index < -0.39 is 0 Å². The zero-order valence-electron chi connectivity index (χ0n) is 13.9. The molecule has 24 heavy (non-hydrogen) atoms. The molecular formula is C22H20O2. The van der Waals surface area contributed by atoms with Crippen molar-refractivity contribution in [3.63, 3.8) is 0 Å². The third-order valence-corrected chi connectivity index (χ3v) is 4.90. The van der Waals surface area contributed by atoms with E-state index in [9.17, 15) is 5.11 Å². The van der Waals surface area contributed by atoms with Crippen LogP contribution in [-0.4, -0.2) is 5.11 Å². The van der Waals surface area contributed by atoms with Crippen molar-refractivity contribution in [1.82, 2.24) is 0 Å². The van der Waals surface area contributed by atoms with Crippen molar-refractivity contribution in [2.24, 2.45) is 0 Å². The molecule has 0 bridgehead atoms. The molecule has 1 aliphatic heterocycles. The van der Waals surface area contributed by atoms with E-state index in [4.69, 9.17) is 4.74 Å². The Morgan fingerprint density at radius 3 is 2.04 bits per heavy atom. The van der Waals surface area contributed by atoms with Gasteiger partial charge in [0, 0.05) is 5.56 Å². The maximum absolute atomic E-state index is 10.4. The van der Waals surface area contributed by atoms with Gasteiger partial charge < -0.3 is 9.84 Å². The summed E-state index contributed by atoms with van der Waals surface area (Å²) < 4.78 is 6.37. The number of hydrogen-bond donors (Lipinski definition) is 1. The number of fused-ring (bicyclic) bond motifs is 1. The molecule has 0 spiro atoms. The Morgan fingerprint density at radius 2 is 1.42 bits per heavy atom. The van der Waals surface area contributed by atoms with Crippen LogP contribution < -0.4 is 4.74 Å². The molecule has 1 heterocycles. The second-order valence-corrected chi connectivity index (χ2v) is 6.42. The summed E-state index contributed by atoms with van der Waals surface area (Å²) in [7, 11) is 0. The van der Waals surface area contributed by atoms with Crippen molar-refractivity contribution < 1.29 is 9.84 Å². The zero-order chi connectivity index (χ0) is 16.7. The average molecular weight is 316 g/mol. The van der Waals surface area contributed by atoms with Crippen LogP contribution >= 0.6 is 0 Å². The van der Waals surface area contributed by atoms with E-state index >= 15 is 0 Å². The van der Waals surface area contributed by atoms with Crippen molar-refractivity contribution in [3.05, 3.63) is 94.5 Å². The number of ether oxygens (including phenoxy) is 1. The highest BCUT2D eigenvalue weighted by molar-refractivity contribution is 5.59. The smallest absolute Gasteiger partial charge is 0.135 e. The fraction of sp³-hybridized carbons (Fsp3) is 0.182. The SMILES string of the molecule is Cc1cc2c(c(C)c1O)[C@@H](c1ccccc1)[C@H](c1ccccc1)O2. The van der Waals surface area contributed by atoms with Gasteiger partial charge in [0.2, 0.25) is 0 Å². The molecule has 4 rings (SSSR count). The number of rotatable bonds is 2. The Kier molecular flexibility index (Phi) is 3.53. The van der Waals surface area contributed by atoms with Crippen molar-refractivity contribution in [1.29, 1.82) is 0 Å². The van der Waals surface area contributed by atoms with Gasteiger partial charge in [-0.25, -0.2) is 0 Å². The van der Waals surface area contributed by atoms with E-state index in [2.05, 4.69) is 36.4 Å². The average Bonchev–Trinajstić information content (AvgIpc) is 3.00. The van der Waals surface area contributed by atoms with Crippen LogP contribution in [0.15, 0.2) is 66.7 Å². The first kappa shape index (κ1) is 14.8. The summed E-state index contributed by atoms with van der Waals surface area (Å²) in [5.74, 6) is 1.33. The first-order chi connectivity index (χ1) is 11.7. The van der Waals surface area contributed by atoms with Crippen LogP contribution in [0.2, 0.25) is 0 Å². The van der Waals surface area contributed by atoms with E-state index in [0.29, 0.717) is 5.75 Å². The molecule has 1 N–H and O–H groups in total. The Bertz CT molecular complexity index is 869. The van der Waals surface area contributed by atoms with Crippen LogP contribution in [0.3, 0.4) is 0 Å². The quantitative estimate of drug-likeness (QED) is 0.697. The molecule has 0 saturated carbocycles.